The highest BCUT2D eigenvalue weighted by Crippen LogP contribution is 2.24. The normalized spacial score (nSPS) is 12.4. The van der Waals surface area contributed by atoms with Crippen LogP contribution in [0.2, 0.25) is 0 Å². The summed E-state index contributed by atoms with van der Waals surface area (Å²) >= 11 is 5.53. The van der Waals surface area contributed by atoms with E-state index in [2.05, 4.69) is 68.1 Å². The number of rotatable bonds is 4. The van der Waals surface area contributed by atoms with E-state index in [0.29, 0.717) is 4.47 Å². The minimum atomic E-state index is -0.229. The standard InChI is InChI=1S/C15H14BrFIN/c1-19-15(8-10-2-5-12(18)6-3-10)11-4-7-14(17)13(16)9-11/h2-7,9,15,19H,8H2,1H3. The van der Waals surface area contributed by atoms with E-state index in [1.807, 2.05) is 19.2 Å². The maximum atomic E-state index is 13.3. The Hall–Kier alpha value is -0.460. The van der Waals surface area contributed by atoms with Crippen LogP contribution >= 0.6 is 38.5 Å². The zero-order valence-electron chi connectivity index (χ0n) is 10.5. The van der Waals surface area contributed by atoms with Gasteiger partial charge in [-0.1, -0.05) is 18.2 Å². The molecule has 0 aliphatic carbocycles. The molecule has 1 atom stereocenters. The van der Waals surface area contributed by atoms with Crippen molar-refractivity contribution in [1.82, 2.24) is 5.32 Å². The molecule has 0 heterocycles. The number of hydrogen-bond acceptors (Lipinski definition) is 1. The molecule has 1 nitrogen and oxygen atoms in total. The molecular formula is C15H14BrFIN. The fraction of sp³-hybridized carbons (Fsp3) is 0.200. The molecule has 2 aromatic rings. The van der Waals surface area contributed by atoms with Crippen molar-refractivity contribution in [2.45, 2.75) is 12.5 Å². The lowest BCUT2D eigenvalue weighted by atomic mass is 9.99. The van der Waals surface area contributed by atoms with Crippen LogP contribution in [0.15, 0.2) is 46.9 Å². The summed E-state index contributed by atoms with van der Waals surface area (Å²) < 4.78 is 15.0. The zero-order chi connectivity index (χ0) is 13.8. The Labute approximate surface area is 134 Å². The van der Waals surface area contributed by atoms with Gasteiger partial charge in [0.2, 0.25) is 0 Å². The molecule has 0 amide bonds. The molecule has 0 aromatic heterocycles. The number of benzene rings is 2. The van der Waals surface area contributed by atoms with Crippen molar-refractivity contribution in [3.63, 3.8) is 0 Å². The molecule has 1 N–H and O–H groups in total. The molecule has 0 bridgehead atoms. The number of nitrogens with one attached hydrogen (secondary N) is 1. The fourth-order valence-electron chi connectivity index (χ4n) is 1.97. The molecule has 100 valence electrons. The summed E-state index contributed by atoms with van der Waals surface area (Å²) in [5.74, 6) is -0.229. The Bertz CT molecular complexity index is 557. The van der Waals surface area contributed by atoms with E-state index in [9.17, 15) is 4.39 Å². The lowest BCUT2D eigenvalue weighted by Gasteiger charge is -2.17. The van der Waals surface area contributed by atoms with E-state index in [0.717, 1.165) is 12.0 Å². The fourth-order valence-corrected chi connectivity index (χ4v) is 2.73. The van der Waals surface area contributed by atoms with Gasteiger partial charge in [0.25, 0.3) is 0 Å². The van der Waals surface area contributed by atoms with Gasteiger partial charge in [0.05, 0.1) is 4.47 Å². The third kappa shape index (κ3) is 4.00. The van der Waals surface area contributed by atoms with Crippen LogP contribution in [-0.2, 0) is 6.42 Å². The first-order valence-electron chi connectivity index (χ1n) is 5.97. The molecule has 2 rings (SSSR count). The van der Waals surface area contributed by atoms with Gasteiger partial charge in [0, 0.05) is 9.61 Å². The maximum absolute atomic E-state index is 13.3. The van der Waals surface area contributed by atoms with Crippen LogP contribution in [0, 0.1) is 9.39 Å². The van der Waals surface area contributed by atoms with Crippen LogP contribution in [0.4, 0.5) is 4.39 Å². The van der Waals surface area contributed by atoms with E-state index in [1.54, 1.807) is 0 Å². The average Bonchev–Trinajstić information content (AvgIpc) is 2.41. The van der Waals surface area contributed by atoms with Crippen molar-refractivity contribution < 1.29 is 4.39 Å². The number of likely N-dealkylation sites (N-methyl/N-ethyl adjacent to an activating group) is 1. The Kier molecular flexibility index (Phi) is 5.36. The van der Waals surface area contributed by atoms with E-state index in [4.69, 9.17) is 0 Å². The Morgan fingerprint density at radius 2 is 1.89 bits per heavy atom. The first-order valence-corrected chi connectivity index (χ1v) is 7.84. The molecule has 0 fully saturated rings. The number of halogens is 3. The van der Waals surface area contributed by atoms with Crippen LogP contribution in [-0.4, -0.2) is 7.05 Å². The molecule has 0 spiro atoms. The van der Waals surface area contributed by atoms with Crippen LogP contribution in [0.1, 0.15) is 17.2 Å². The predicted octanol–water partition coefficient (Wildman–Crippen LogP) is 4.70. The van der Waals surface area contributed by atoms with E-state index < -0.39 is 0 Å². The van der Waals surface area contributed by atoms with Gasteiger partial charge in [0.15, 0.2) is 0 Å². The van der Waals surface area contributed by atoms with Gasteiger partial charge in [-0.25, -0.2) is 4.39 Å². The molecule has 2 aromatic carbocycles. The summed E-state index contributed by atoms with van der Waals surface area (Å²) in [5.41, 5.74) is 2.34. The molecule has 0 saturated heterocycles. The lowest BCUT2D eigenvalue weighted by molar-refractivity contribution is 0.584. The van der Waals surface area contributed by atoms with Gasteiger partial charge in [-0.3, -0.25) is 0 Å². The van der Waals surface area contributed by atoms with Gasteiger partial charge < -0.3 is 5.32 Å². The second kappa shape index (κ2) is 6.81. The van der Waals surface area contributed by atoms with Gasteiger partial charge in [-0.15, -0.1) is 0 Å². The van der Waals surface area contributed by atoms with Crippen molar-refractivity contribution in [3.05, 3.63) is 67.5 Å². The summed E-state index contributed by atoms with van der Waals surface area (Å²) in [5, 5.41) is 3.28. The molecule has 0 radical (unpaired) electrons. The molecule has 0 aliphatic heterocycles. The van der Waals surface area contributed by atoms with Crippen LogP contribution in [0.5, 0.6) is 0 Å². The molecule has 4 heteroatoms. The summed E-state index contributed by atoms with van der Waals surface area (Å²) in [6, 6.07) is 13.8. The van der Waals surface area contributed by atoms with Gasteiger partial charge in [-0.2, -0.15) is 0 Å². The van der Waals surface area contributed by atoms with Crippen molar-refractivity contribution in [3.8, 4) is 0 Å². The third-order valence-corrected chi connectivity index (χ3v) is 4.37. The minimum Gasteiger partial charge on any atom is -0.313 e. The average molecular weight is 434 g/mol. The van der Waals surface area contributed by atoms with Gasteiger partial charge in [-0.05, 0) is 87.4 Å². The van der Waals surface area contributed by atoms with Crippen molar-refractivity contribution in [2.24, 2.45) is 0 Å². The monoisotopic (exact) mass is 433 g/mol. The second-order valence-electron chi connectivity index (χ2n) is 4.35. The maximum Gasteiger partial charge on any atom is 0.137 e. The molecule has 19 heavy (non-hydrogen) atoms. The largest absolute Gasteiger partial charge is 0.313 e. The topological polar surface area (TPSA) is 12.0 Å². The highest BCUT2D eigenvalue weighted by Gasteiger charge is 2.12. The Morgan fingerprint density at radius 1 is 1.21 bits per heavy atom. The second-order valence-corrected chi connectivity index (χ2v) is 6.45. The molecular weight excluding hydrogens is 420 g/mol. The zero-order valence-corrected chi connectivity index (χ0v) is 14.2. The highest BCUT2D eigenvalue weighted by molar-refractivity contribution is 14.1. The summed E-state index contributed by atoms with van der Waals surface area (Å²) in [6.45, 7) is 0. The summed E-state index contributed by atoms with van der Waals surface area (Å²) in [4.78, 5) is 0. The Balaban J connectivity index is 2.19. The Morgan fingerprint density at radius 3 is 2.47 bits per heavy atom. The minimum absolute atomic E-state index is 0.178. The first kappa shape index (κ1) is 14.9. The van der Waals surface area contributed by atoms with Crippen LogP contribution in [0.3, 0.4) is 0 Å². The summed E-state index contributed by atoms with van der Waals surface area (Å²) in [7, 11) is 1.93. The van der Waals surface area contributed by atoms with E-state index in [1.165, 1.54) is 15.2 Å². The van der Waals surface area contributed by atoms with Crippen molar-refractivity contribution >= 4 is 38.5 Å². The van der Waals surface area contributed by atoms with E-state index >= 15 is 0 Å². The third-order valence-electron chi connectivity index (χ3n) is 3.05. The number of hydrogen-bond donors (Lipinski definition) is 1. The lowest BCUT2D eigenvalue weighted by Crippen LogP contribution is -2.18. The quantitative estimate of drug-likeness (QED) is 0.689. The smallest absolute Gasteiger partial charge is 0.137 e. The first-order chi connectivity index (χ1) is 9.10. The van der Waals surface area contributed by atoms with Crippen LogP contribution < -0.4 is 5.32 Å². The van der Waals surface area contributed by atoms with Crippen molar-refractivity contribution in [2.75, 3.05) is 7.05 Å². The molecule has 1 unspecified atom stereocenters. The highest BCUT2D eigenvalue weighted by atomic mass is 127. The van der Waals surface area contributed by atoms with Crippen LogP contribution in [0.25, 0.3) is 0 Å². The SMILES string of the molecule is CNC(Cc1ccc(I)cc1)c1ccc(F)c(Br)c1. The van der Waals surface area contributed by atoms with Gasteiger partial charge in [0.1, 0.15) is 5.82 Å². The molecule has 0 saturated carbocycles. The van der Waals surface area contributed by atoms with Crippen molar-refractivity contribution in [1.29, 1.82) is 0 Å². The summed E-state index contributed by atoms with van der Waals surface area (Å²) in [6.07, 6.45) is 0.880. The van der Waals surface area contributed by atoms with E-state index in [-0.39, 0.29) is 11.9 Å². The molecule has 0 aliphatic rings. The predicted molar refractivity (Wildman–Crippen MR) is 88.8 cm³/mol. The van der Waals surface area contributed by atoms with Gasteiger partial charge >= 0.3 is 0 Å².